The maximum atomic E-state index is 10.8. The second-order valence-electron chi connectivity index (χ2n) is 1.69. The molecule has 0 bridgehead atoms. The van der Waals surface area contributed by atoms with Gasteiger partial charge in [-0.2, -0.15) is 4.73 Å². The van der Waals surface area contributed by atoms with Crippen LogP contribution in [-0.2, 0) is 0 Å². The summed E-state index contributed by atoms with van der Waals surface area (Å²) in [6.07, 6.45) is 1.43. The standard InChI is InChI=1S/C6H6INO2/c1-10-5-3-2-4-8(9)6(5)7/h2-4H,1H3. The molecule has 0 aliphatic rings. The van der Waals surface area contributed by atoms with Crippen molar-refractivity contribution in [3.05, 3.63) is 27.2 Å². The molecule has 0 saturated carbocycles. The van der Waals surface area contributed by atoms with E-state index in [-0.39, 0.29) is 0 Å². The van der Waals surface area contributed by atoms with E-state index in [1.54, 1.807) is 12.1 Å². The predicted molar refractivity (Wildman–Crippen MR) is 44.7 cm³/mol. The van der Waals surface area contributed by atoms with Gasteiger partial charge >= 0.3 is 0 Å². The number of hydrogen-bond donors (Lipinski definition) is 0. The van der Waals surface area contributed by atoms with E-state index < -0.39 is 0 Å². The fraction of sp³-hybridized carbons (Fsp3) is 0.167. The van der Waals surface area contributed by atoms with Crippen LogP contribution < -0.4 is 9.47 Å². The lowest BCUT2D eigenvalue weighted by Gasteiger charge is -2.01. The Hall–Kier alpha value is -0.520. The summed E-state index contributed by atoms with van der Waals surface area (Å²) in [7, 11) is 1.54. The Morgan fingerprint density at radius 2 is 2.40 bits per heavy atom. The molecule has 1 aromatic rings. The second kappa shape index (κ2) is 3.05. The zero-order valence-corrected chi connectivity index (χ0v) is 7.53. The van der Waals surface area contributed by atoms with Crippen LogP contribution in [0.3, 0.4) is 0 Å². The highest BCUT2D eigenvalue weighted by Gasteiger charge is 2.06. The number of hydrogen-bond acceptors (Lipinski definition) is 2. The monoisotopic (exact) mass is 251 g/mol. The second-order valence-corrected chi connectivity index (χ2v) is 2.71. The Labute approximate surface area is 72.3 Å². The number of nitrogens with zero attached hydrogens (tertiary/aromatic N) is 1. The zero-order valence-electron chi connectivity index (χ0n) is 5.37. The van der Waals surface area contributed by atoms with E-state index in [9.17, 15) is 5.21 Å². The highest BCUT2D eigenvalue weighted by molar-refractivity contribution is 14.1. The van der Waals surface area contributed by atoms with E-state index in [0.29, 0.717) is 9.45 Å². The molecule has 0 radical (unpaired) electrons. The van der Waals surface area contributed by atoms with Crippen molar-refractivity contribution >= 4 is 22.6 Å². The van der Waals surface area contributed by atoms with E-state index in [4.69, 9.17) is 4.74 Å². The summed E-state index contributed by atoms with van der Waals surface area (Å²) in [6.45, 7) is 0. The summed E-state index contributed by atoms with van der Waals surface area (Å²) in [5.74, 6) is 0.609. The molecule has 10 heavy (non-hydrogen) atoms. The Morgan fingerprint density at radius 1 is 1.70 bits per heavy atom. The lowest BCUT2D eigenvalue weighted by molar-refractivity contribution is -0.619. The van der Waals surface area contributed by atoms with Crippen LogP contribution in [0.25, 0.3) is 0 Å². The molecule has 3 nitrogen and oxygen atoms in total. The number of halogens is 1. The summed E-state index contributed by atoms with van der Waals surface area (Å²) in [6, 6.07) is 3.39. The van der Waals surface area contributed by atoms with Gasteiger partial charge in [0.15, 0.2) is 11.9 Å². The minimum atomic E-state index is 0.558. The maximum Gasteiger partial charge on any atom is 0.294 e. The van der Waals surface area contributed by atoms with Crippen molar-refractivity contribution in [2.24, 2.45) is 0 Å². The molecular weight excluding hydrogens is 245 g/mol. The van der Waals surface area contributed by atoms with Crippen molar-refractivity contribution in [2.75, 3.05) is 7.11 Å². The van der Waals surface area contributed by atoms with Crippen molar-refractivity contribution < 1.29 is 9.47 Å². The predicted octanol–water partition coefficient (Wildman–Crippen LogP) is 0.933. The van der Waals surface area contributed by atoms with Crippen LogP contribution in [0.1, 0.15) is 0 Å². The van der Waals surface area contributed by atoms with Crippen LogP contribution in [0.15, 0.2) is 18.3 Å². The number of pyridine rings is 1. The molecule has 0 unspecified atom stereocenters. The van der Waals surface area contributed by atoms with Crippen LogP contribution in [0.2, 0.25) is 0 Å². The van der Waals surface area contributed by atoms with Crippen LogP contribution in [-0.4, -0.2) is 7.11 Å². The van der Waals surface area contributed by atoms with Gasteiger partial charge < -0.3 is 9.94 Å². The summed E-state index contributed by atoms with van der Waals surface area (Å²) in [4.78, 5) is 0. The van der Waals surface area contributed by atoms with Gasteiger partial charge in [0, 0.05) is 28.7 Å². The minimum absolute atomic E-state index is 0.558. The molecular formula is C6H6INO2. The summed E-state index contributed by atoms with van der Waals surface area (Å²) in [5, 5.41) is 10.8. The highest BCUT2D eigenvalue weighted by atomic mass is 127. The van der Waals surface area contributed by atoms with Gasteiger partial charge in [0.05, 0.1) is 7.11 Å². The molecule has 0 amide bonds. The number of methoxy groups -OCH3 is 1. The van der Waals surface area contributed by atoms with Crippen LogP contribution in [0.5, 0.6) is 5.75 Å². The molecule has 0 aromatic carbocycles. The third-order valence-corrected chi connectivity index (χ3v) is 2.09. The van der Waals surface area contributed by atoms with E-state index in [1.165, 1.54) is 13.3 Å². The van der Waals surface area contributed by atoms with Crippen molar-refractivity contribution in [3.8, 4) is 5.75 Å². The van der Waals surface area contributed by atoms with E-state index in [1.807, 2.05) is 22.6 Å². The third kappa shape index (κ3) is 1.31. The number of rotatable bonds is 1. The molecule has 0 aliphatic heterocycles. The normalized spacial score (nSPS) is 9.40. The van der Waals surface area contributed by atoms with Gasteiger partial charge in [-0.15, -0.1) is 0 Å². The first-order valence-corrected chi connectivity index (χ1v) is 3.75. The van der Waals surface area contributed by atoms with Crippen LogP contribution in [0, 0.1) is 8.91 Å². The number of aromatic nitrogens is 1. The Morgan fingerprint density at radius 3 is 2.90 bits per heavy atom. The van der Waals surface area contributed by atoms with Crippen LogP contribution >= 0.6 is 22.6 Å². The zero-order chi connectivity index (χ0) is 7.56. The molecule has 1 aromatic heterocycles. The number of ether oxygens (including phenoxy) is 1. The van der Waals surface area contributed by atoms with Gasteiger partial charge in [-0.05, 0) is 6.07 Å². The molecule has 0 fully saturated rings. The fourth-order valence-electron chi connectivity index (χ4n) is 0.604. The molecule has 0 N–H and O–H groups in total. The SMILES string of the molecule is COc1ccc[n+]([O-])c1I. The summed E-state index contributed by atoms with van der Waals surface area (Å²) in [5.41, 5.74) is 0. The van der Waals surface area contributed by atoms with Crippen LogP contribution in [0.4, 0.5) is 0 Å². The first kappa shape index (κ1) is 7.59. The highest BCUT2D eigenvalue weighted by Crippen LogP contribution is 2.14. The molecule has 1 heterocycles. The van der Waals surface area contributed by atoms with Crippen molar-refractivity contribution in [1.29, 1.82) is 0 Å². The molecule has 0 aliphatic carbocycles. The van der Waals surface area contributed by atoms with Gasteiger partial charge in [-0.25, -0.2) is 0 Å². The molecule has 54 valence electrons. The lowest BCUT2D eigenvalue weighted by atomic mass is 10.5. The van der Waals surface area contributed by atoms with Gasteiger partial charge in [-0.3, -0.25) is 0 Å². The topological polar surface area (TPSA) is 36.2 Å². The average molecular weight is 251 g/mol. The maximum absolute atomic E-state index is 10.8. The Balaban J connectivity index is 3.14. The molecule has 0 atom stereocenters. The van der Waals surface area contributed by atoms with E-state index >= 15 is 0 Å². The van der Waals surface area contributed by atoms with E-state index in [0.717, 1.165) is 4.73 Å². The Bertz CT molecular complexity index is 239. The smallest absolute Gasteiger partial charge is 0.294 e. The molecule has 1 rings (SSSR count). The average Bonchev–Trinajstić information content (AvgIpc) is 1.95. The first-order valence-electron chi connectivity index (χ1n) is 2.67. The van der Waals surface area contributed by atoms with Crippen molar-refractivity contribution in [1.82, 2.24) is 0 Å². The quantitative estimate of drug-likeness (QED) is 0.322. The molecule has 0 spiro atoms. The first-order chi connectivity index (χ1) is 4.75. The third-order valence-electron chi connectivity index (χ3n) is 1.09. The van der Waals surface area contributed by atoms with Gasteiger partial charge in [0.2, 0.25) is 0 Å². The Kier molecular flexibility index (Phi) is 2.31. The summed E-state index contributed by atoms with van der Waals surface area (Å²) >= 11 is 1.93. The molecule has 4 heteroatoms. The van der Waals surface area contributed by atoms with Crippen molar-refractivity contribution in [2.45, 2.75) is 0 Å². The minimum Gasteiger partial charge on any atom is -0.618 e. The van der Waals surface area contributed by atoms with Gasteiger partial charge in [0.1, 0.15) is 0 Å². The molecule has 0 saturated heterocycles. The summed E-state index contributed by atoms with van der Waals surface area (Å²) < 4.78 is 6.22. The lowest BCUT2D eigenvalue weighted by Crippen LogP contribution is -2.29. The van der Waals surface area contributed by atoms with Gasteiger partial charge in [0.25, 0.3) is 3.70 Å². The van der Waals surface area contributed by atoms with E-state index in [2.05, 4.69) is 0 Å². The largest absolute Gasteiger partial charge is 0.618 e. The van der Waals surface area contributed by atoms with Crippen molar-refractivity contribution in [3.63, 3.8) is 0 Å². The van der Waals surface area contributed by atoms with Gasteiger partial charge in [-0.1, -0.05) is 0 Å². The fourth-order valence-corrected chi connectivity index (χ4v) is 1.16.